The lowest BCUT2D eigenvalue weighted by Gasteiger charge is -2.30. The Balaban J connectivity index is 1.40. The van der Waals surface area contributed by atoms with Gasteiger partial charge in [-0.1, -0.05) is 28.1 Å². The Labute approximate surface area is 178 Å². The van der Waals surface area contributed by atoms with Crippen LogP contribution in [0.2, 0.25) is 0 Å². The van der Waals surface area contributed by atoms with Crippen LogP contribution in [0.3, 0.4) is 0 Å². The van der Waals surface area contributed by atoms with Gasteiger partial charge in [-0.25, -0.2) is 4.39 Å². The van der Waals surface area contributed by atoms with Crippen LogP contribution in [0.15, 0.2) is 46.9 Å². The van der Waals surface area contributed by atoms with Gasteiger partial charge in [-0.15, -0.1) is 0 Å². The molecule has 154 valence electrons. The summed E-state index contributed by atoms with van der Waals surface area (Å²) >= 11 is 3.37. The zero-order valence-electron chi connectivity index (χ0n) is 16.4. The lowest BCUT2D eigenvalue weighted by Crippen LogP contribution is -2.43. The van der Waals surface area contributed by atoms with E-state index >= 15 is 0 Å². The van der Waals surface area contributed by atoms with Crippen LogP contribution in [-0.2, 0) is 16.1 Å². The van der Waals surface area contributed by atoms with Crippen molar-refractivity contribution in [3.63, 3.8) is 0 Å². The van der Waals surface area contributed by atoms with Crippen LogP contribution >= 0.6 is 15.9 Å². The quantitative estimate of drug-likeness (QED) is 0.686. The van der Waals surface area contributed by atoms with Crippen molar-refractivity contribution in [1.82, 2.24) is 10.2 Å². The van der Waals surface area contributed by atoms with Gasteiger partial charge in [-0.3, -0.25) is 14.5 Å². The predicted molar refractivity (Wildman–Crippen MR) is 115 cm³/mol. The first-order chi connectivity index (χ1) is 13.9. The highest BCUT2D eigenvalue weighted by Crippen LogP contribution is 2.18. The summed E-state index contributed by atoms with van der Waals surface area (Å²) in [6.45, 7) is 3.75. The van der Waals surface area contributed by atoms with Gasteiger partial charge in [0, 0.05) is 22.6 Å². The van der Waals surface area contributed by atoms with Crippen molar-refractivity contribution >= 4 is 33.4 Å². The molecule has 1 aliphatic heterocycles. The second-order valence-electron chi connectivity index (χ2n) is 7.41. The minimum absolute atomic E-state index is 0.00931. The van der Waals surface area contributed by atoms with Gasteiger partial charge in [0.1, 0.15) is 5.82 Å². The number of piperidine rings is 1. The second-order valence-corrected chi connectivity index (χ2v) is 8.32. The van der Waals surface area contributed by atoms with Crippen LogP contribution < -0.4 is 10.6 Å². The molecular formula is C22H25BrFN3O2. The molecule has 2 N–H and O–H groups in total. The molecule has 0 spiro atoms. The third kappa shape index (κ3) is 6.37. The molecule has 1 saturated heterocycles. The van der Waals surface area contributed by atoms with E-state index in [4.69, 9.17) is 0 Å². The normalized spacial score (nSPS) is 15.1. The maximum absolute atomic E-state index is 13.6. The number of nitrogens with one attached hydrogen (secondary N) is 2. The monoisotopic (exact) mass is 461 g/mol. The standard InChI is InChI=1S/C22H25BrFN3O2/c1-15-2-3-16(12-20(15)24)13-25-22(29)17-8-10-27(11-9-17)14-21(28)26-19-6-4-18(23)5-7-19/h2-7,12,17H,8-11,13-14H2,1H3,(H,25,29)(H,26,28). The zero-order valence-corrected chi connectivity index (χ0v) is 18.0. The molecule has 0 saturated carbocycles. The number of halogens is 2. The van der Waals surface area contributed by atoms with Crippen LogP contribution in [0.4, 0.5) is 10.1 Å². The molecule has 2 aromatic carbocycles. The Kier molecular flexibility index (Phi) is 7.39. The number of rotatable bonds is 6. The van der Waals surface area contributed by atoms with E-state index in [-0.39, 0.29) is 23.5 Å². The van der Waals surface area contributed by atoms with Gasteiger partial charge < -0.3 is 10.6 Å². The number of nitrogens with zero attached hydrogens (tertiary/aromatic N) is 1. The van der Waals surface area contributed by atoms with Gasteiger partial charge in [-0.2, -0.15) is 0 Å². The van der Waals surface area contributed by atoms with Crippen LogP contribution in [-0.4, -0.2) is 36.3 Å². The molecule has 1 heterocycles. The van der Waals surface area contributed by atoms with Crippen molar-refractivity contribution in [2.75, 3.05) is 25.0 Å². The summed E-state index contributed by atoms with van der Waals surface area (Å²) in [4.78, 5) is 26.7. The van der Waals surface area contributed by atoms with Gasteiger partial charge >= 0.3 is 0 Å². The summed E-state index contributed by atoms with van der Waals surface area (Å²) in [7, 11) is 0. The van der Waals surface area contributed by atoms with Crippen LogP contribution in [0.1, 0.15) is 24.0 Å². The van der Waals surface area contributed by atoms with Gasteiger partial charge in [0.15, 0.2) is 0 Å². The van der Waals surface area contributed by atoms with E-state index in [1.165, 1.54) is 6.07 Å². The number of likely N-dealkylation sites (tertiary alicyclic amines) is 1. The fraction of sp³-hybridized carbons (Fsp3) is 0.364. The van der Waals surface area contributed by atoms with E-state index in [0.29, 0.717) is 44.6 Å². The van der Waals surface area contributed by atoms with Crippen LogP contribution in [0, 0.1) is 18.7 Å². The molecule has 5 nitrogen and oxygen atoms in total. The molecule has 2 aromatic rings. The van der Waals surface area contributed by atoms with Crippen molar-refractivity contribution in [3.05, 3.63) is 63.9 Å². The Morgan fingerprint density at radius 1 is 1.14 bits per heavy atom. The number of hydrogen-bond acceptors (Lipinski definition) is 3. The molecule has 29 heavy (non-hydrogen) atoms. The summed E-state index contributed by atoms with van der Waals surface area (Å²) < 4.78 is 14.6. The first-order valence-corrected chi connectivity index (χ1v) is 10.5. The Bertz CT molecular complexity index is 865. The molecule has 3 rings (SSSR count). The van der Waals surface area contributed by atoms with Crippen LogP contribution in [0.25, 0.3) is 0 Å². The van der Waals surface area contributed by atoms with Crippen LogP contribution in [0.5, 0.6) is 0 Å². The Hall–Kier alpha value is -2.25. The summed E-state index contributed by atoms with van der Waals surface area (Å²) in [6.07, 6.45) is 1.42. The maximum atomic E-state index is 13.6. The molecule has 1 aliphatic rings. The molecule has 7 heteroatoms. The Morgan fingerprint density at radius 2 is 1.83 bits per heavy atom. The topological polar surface area (TPSA) is 61.4 Å². The summed E-state index contributed by atoms with van der Waals surface area (Å²) in [6, 6.07) is 12.5. The number of carbonyl (C=O) groups is 2. The van der Waals surface area contributed by atoms with E-state index in [9.17, 15) is 14.0 Å². The highest BCUT2D eigenvalue weighted by molar-refractivity contribution is 9.10. The number of aryl methyl sites for hydroxylation is 1. The summed E-state index contributed by atoms with van der Waals surface area (Å²) in [5.74, 6) is -0.399. The van der Waals surface area contributed by atoms with Gasteiger partial charge in [0.05, 0.1) is 6.54 Å². The van der Waals surface area contributed by atoms with E-state index in [1.54, 1.807) is 13.0 Å². The summed E-state index contributed by atoms with van der Waals surface area (Å²) in [5.41, 5.74) is 2.11. The smallest absolute Gasteiger partial charge is 0.238 e. The average molecular weight is 462 g/mol. The molecular weight excluding hydrogens is 437 g/mol. The highest BCUT2D eigenvalue weighted by Gasteiger charge is 2.25. The maximum Gasteiger partial charge on any atom is 0.238 e. The first kappa shape index (κ1) is 21.5. The van der Waals surface area contributed by atoms with Crippen molar-refractivity contribution in [2.45, 2.75) is 26.3 Å². The highest BCUT2D eigenvalue weighted by atomic mass is 79.9. The second kappa shape index (κ2) is 9.98. The molecule has 0 aromatic heterocycles. The molecule has 0 atom stereocenters. The minimum Gasteiger partial charge on any atom is -0.352 e. The largest absolute Gasteiger partial charge is 0.352 e. The minimum atomic E-state index is -0.258. The molecule has 0 bridgehead atoms. The number of hydrogen-bond donors (Lipinski definition) is 2. The first-order valence-electron chi connectivity index (χ1n) is 9.71. The van der Waals surface area contributed by atoms with E-state index < -0.39 is 0 Å². The molecule has 1 fully saturated rings. The molecule has 0 aliphatic carbocycles. The SMILES string of the molecule is Cc1ccc(CNC(=O)C2CCN(CC(=O)Nc3ccc(Br)cc3)CC2)cc1F. The number of amides is 2. The van der Waals surface area contributed by atoms with E-state index in [0.717, 1.165) is 15.7 Å². The third-order valence-corrected chi connectivity index (χ3v) is 5.69. The fourth-order valence-corrected chi connectivity index (χ4v) is 3.63. The van der Waals surface area contributed by atoms with Crippen molar-refractivity contribution in [2.24, 2.45) is 5.92 Å². The number of benzene rings is 2. The number of anilines is 1. The third-order valence-electron chi connectivity index (χ3n) is 5.16. The average Bonchev–Trinajstić information content (AvgIpc) is 2.71. The predicted octanol–water partition coefficient (Wildman–Crippen LogP) is 3.86. The Morgan fingerprint density at radius 3 is 2.48 bits per heavy atom. The number of carbonyl (C=O) groups excluding carboxylic acids is 2. The van der Waals surface area contributed by atoms with Crippen molar-refractivity contribution in [1.29, 1.82) is 0 Å². The summed E-state index contributed by atoms with van der Waals surface area (Å²) in [5, 5.41) is 5.79. The van der Waals surface area contributed by atoms with Crippen molar-refractivity contribution < 1.29 is 14.0 Å². The molecule has 0 radical (unpaired) electrons. The molecule has 2 amide bonds. The fourth-order valence-electron chi connectivity index (χ4n) is 3.37. The van der Waals surface area contributed by atoms with Gasteiger partial charge in [0.2, 0.25) is 11.8 Å². The van der Waals surface area contributed by atoms with E-state index in [1.807, 2.05) is 30.3 Å². The lowest BCUT2D eigenvalue weighted by molar-refractivity contribution is -0.126. The molecule has 0 unspecified atom stereocenters. The lowest BCUT2D eigenvalue weighted by atomic mass is 9.95. The van der Waals surface area contributed by atoms with Crippen molar-refractivity contribution in [3.8, 4) is 0 Å². The van der Waals surface area contributed by atoms with Gasteiger partial charge in [0.25, 0.3) is 0 Å². The zero-order chi connectivity index (χ0) is 20.8. The van der Waals surface area contributed by atoms with Gasteiger partial charge in [-0.05, 0) is 74.3 Å². The van der Waals surface area contributed by atoms with E-state index in [2.05, 4.69) is 31.5 Å².